The molecule has 1 N–H and O–H groups in total. The van der Waals surface area contributed by atoms with Gasteiger partial charge in [-0.15, -0.1) is 0 Å². The Labute approximate surface area is 178 Å². The van der Waals surface area contributed by atoms with Crippen LogP contribution in [0.15, 0.2) is 47.4 Å². The average molecular weight is 429 g/mol. The first-order valence-electron chi connectivity index (χ1n) is 10.3. The minimum absolute atomic E-state index is 0.0255. The number of carbonyl (C=O) groups is 1. The Kier molecular flexibility index (Phi) is 5.81. The minimum atomic E-state index is -3.62. The van der Waals surface area contributed by atoms with Gasteiger partial charge in [-0.2, -0.15) is 0 Å². The maximum Gasteiger partial charge on any atom is 0.240 e. The third kappa shape index (κ3) is 4.35. The van der Waals surface area contributed by atoms with Crippen molar-refractivity contribution in [1.29, 1.82) is 0 Å². The Morgan fingerprint density at radius 1 is 1.00 bits per heavy atom. The number of amides is 1. The fourth-order valence-electron chi connectivity index (χ4n) is 4.02. The van der Waals surface area contributed by atoms with Gasteiger partial charge in [0.2, 0.25) is 15.9 Å². The van der Waals surface area contributed by atoms with Crippen molar-refractivity contribution in [2.24, 2.45) is 0 Å². The predicted octanol–water partition coefficient (Wildman–Crippen LogP) is 1.83. The lowest BCUT2D eigenvalue weighted by Gasteiger charge is -2.34. The largest absolute Gasteiger partial charge is 0.369 e. The van der Waals surface area contributed by atoms with Crippen molar-refractivity contribution in [3.8, 4) is 0 Å². The van der Waals surface area contributed by atoms with E-state index in [0.29, 0.717) is 13.0 Å². The van der Waals surface area contributed by atoms with Crippen molar-refractivity contribution in [1.82, 2.24) is 9.62 Å². The molecular weight excluding hydrogens is 400 g/mol. The quantitative estimate of drug-likeness (QED) is 0.787. The van der Waals surface area contributed by atoms with E-state index in [1.165, 1.54) is 12.6 Å². The summed E-state index contributed by atoms with van der Waals surface area (Å²) in [7, 11) is -1.49. The molecule has 7 nitrogen and oxygen atoms in total. The number of nitrogens with one attached hydrogen (secondary N) is 1. The third-order valence-electron chi connectivity index (χ3n) is 5.91. The van der Waals surface area contributed by atoms with E-state index in [0.717, 1.165) is 43.0 Å². The number of hydrogen-bond acceptors (Lipinski definition) is 5. The zero-order valence-corrected chi connectivity index (χ0v) is 18.3. The monoisotopic (exact) mass is 428 g/mol. The van der Waals surface area contributed by atoms with E-state index in [1.54, 1.807) is 23.1 Å². The molecule has 160 valence electrons. The summed E-state index contributed by atoms with van der Waals surface area (Å²) in [5.41, 5.74) is 3.79. The topological polar surface area (TPSA) is 73.0 Å². The molecular formula is C22H28N4O3S. The Morgan fingerprint density at radius 2 is 1.70 bits per heavy atom. The standard InChI is InChI=1S/C22H28N4O3S/c1-17(27)26-10-9-19-15-21(7-8-22(19)26)30(28,29)23-16-18-3-5-20(6-4-18)25-13-11-24(2)12-14-25/h3-8,15,23H,9-14,16H2,1-2H3. The van der Waals surface area contributed by atoms with Crippen molar-refractivity contribution >= 4 is 27.3 Å². The molecule has 1 amide bonds. The number of likely N-dealkylation sites (N-methyl/N-ethyl adjacent to an activating group) is 1. The zero-order chi connectivity index (χ0) is 21.3. The van der Waals surface area contributed by atoms with Gasteiger partial charge in [0.15, 0.2) is 0 Å². The second kappa shape index (κ2) is 8.37. The summed E-state index contributed by atoms with van der Waals surface area (Å²) < 4.78 is 28.2. The molecule has 0 aliphatic carbocycles. The van der Waals surface area contributed by atoms with Crippen LogP contribution < -0.4 is 14.5 Å². The lowest BCUT2D eigenvalue weighted by molar-refractivity contribution is -0.116. The van der Waals surface area contributed by atoms with Gasteiger partial charge >= 0.3 is 0 Å². The molecule has 2 aliphatic rings. The SMILES string of the molecule is CC(=O)N1CCc2cc(S(=O)(=O)NCc3ccc(N4CCN(C)CC4)cc3)ccc21. The molecule has 0 aromatic heterocycles. The molecule has 1 saturated heterocycles. The van der Waals surface area contributed by atoms with E-state index in [-0.39, 0.29) is 17.3 Å². The second-order valence-corrected chi connectivity index (χ2v) is 9.76. The molecule has 2 aromatic carbocycles. The Hall–Kier alpha value is -2.42. The first-order chi connectivity index (χ1) is 14.3. The van der Waals surface area contributed by atoms with Crippen molar-refractivity contribution < 1.29 is 13.2 Å². The van der Waals surface area contributed by atoms with Crippen LogP contribution in [0, 0.1) is 0 Å². The molecule has 0 spiro atoms. The summed E-state index contributed by atoms with van der Waals surface area (Å²) in [6, 6.07) is 13.0. The molecule has 0 bridgehead atoms. The maximum atomic E-state index is 12.8. The number of fused-ring (bicyclic) bond motifs is 1. The molecule has 2 aromatic rings. The highest BCUT2D eigenvalue weighted by molar-refractivity contribution is 7.89. The van der Waals surface area contributed by atoms with Gasteiger partial charge < -0.3 is 14.7 Å². The number of piperazine rings is 1. The Balaban J connectivity index is 1.40. The Bertz CT molecular complexity index is 1030. The lowest BCUT2D eigenvalue weighted by atomic mass is 10.2. The van der Waals surface area contributed by atoms with Crippen LogP contribution in [0.3, 0.4) is 0 Å². The highest BCUT2D eigenvalue weighted by Gasteiger charge is 2.24. The van der Waals surface area contributed by atoms with E-state index in [1.807, 2.05) is 12.1 Å². The zero-order valence-electron chi connectivity index (χ0n) is 17.5. The number of benzene rings is 2. The molecule has 1 fully saturated rings. The van der Waals surface area contributed by atoms with Gasteiger partial charge in [0, 0.05) is 57.6 Å². The van der Waals surface area contributed by atoms with Crippen LogP contribution in [0.2, 0.25) is 0 Å². The van der Waals surface area contributed by atoms with Crippen LogP contribution >= 0.6 is 0 Å². The van der Waals surface area contributed by atoms with Gasteiger partial charge in [-0.3, -0.25) is 4.79 Å². The first-order valence-corrected chi connectivity index (χ1v) is 11.7. The summed E-state index contributed by atoms with van der Waals surface area (Å²) in [5.74, 6) is -0.0255. The van der Waals surface area contributed by atoms with E-state index in [9.17, 15) is 13.2 Å². The molecule has 0 unspecified atom stereocenters. The van der Waals surface area contributed by atoms with Gasteiger partial charge in [0.05, 0.1) is 4.90 Å². The van der Waals surface area contributed by atoms with Crippen molar-refractivity contribution in [3.63, 3.8) is 0 Å². The Morgan fingerprint density at radius 3 is 2.37 bits per heavy atom. The molecule has 30 heavy (non-hydrogen) atoms. The van der Waals surface area contributed by atoms with E-state index >= 15 is 0 Å². The molecule has 0 radical (unpaired) electrons. The van der Waals surface area contributed by atoms with Crippen LogP contribution in [0.5, 0.6) is 0 Å². The fourth-order valence-corrected chi connectivity index (χ4v) is 5.09. The first kappa shape index (κ1) is 20.8. The van der Waals surface area contributed by atoms with Crippen LogP contribution in [-0.4, -0.2) is 59.0 Å². The number of carbonyl (C=O) groups excluding carboxylic acids is 1. The molecule has 2 aliphatic heterocycles. The summed E-state index contributed by atoms with van der Waals surface area (Å²) in [5, 5.41) is 0. The van der Waals surface area contributed by atoms with E-state index < -0.39 is 10.0 Å². The van der Waals surface area contributed by atoms with Gasteiger partial charge in [0.25, 0.3) is 0 Å². The van der Waals surface area contributed by atoms with Gasteiger partial charge in [0.1, 0.15) is 0 Å². The number of anilines is 2. The van der Waals surface area contributed by atoms with Crippen molar-refractivity contribution in [3.05, 3.63) is 53.6 Å². The van der Waals surface area contributed by atoms with E-state index in [2.05, 4.69) is 33.7 Å². The van der Waals surface area contributed by atoms with Crippen LogP contribution in [-0.2, 0) is 27.8 Å². The second-order valence-electron chi connectivity index (χ2n) is 7.99. The van der Waals surface area contributed by atoms with Crippen LogP contribution in [0.4, 0.5) is 11.4 Å². The molecule has 8 heteroatoms. The molecule has 2 heterocycles. The number of nitrogens with zero attached hydrogens (tertiary/aromatic N) is 3. The van der Waals surface area contributed by atoms with Crippen molar-refractivity contribution in [2.45, 2.75) is 24.8 Å². The minimum Gasteiger partial charge on any atom is -0.369 e. The molecule has 4 rings (SSSR count). The normalized spacial score (nSPS) is 17.3. The predicted molar refractivity (Wildman–Crippen MR) is 118 cm³/mol. The summed E-state index contributed by atoms with van der Waals surface area (Å²) >= 11 is 0. The van der Waals surface area contributed by atoms with Crippen LogP contribution in [0.25, 0.3) is 0 Å². The fraction of sp³-hybridized carbons (Fsp3) is 0.409. The van der Waals surface area contributed by atoms with Gasteiger partial charge in [-0.25, -0.2) is 13.1 Å². The van der Waals surface area contributed by atoms with E-state index in [4.69, 9.17) is 0 Å². The highest BCUT2D eigenvalue weighted by atomic mass is 32.2. The summed E-state index contributed by atoms with van der Waals surface area (Å²) in [4.78, 5) is 18.3. The third-order valence-corrected chi connectivity index (χ3v) is 7.31. The maximum absolute atomic E-state index is 12.8. The number of rotatable bonds is 5. The molecule has 0 atom stereocenters. The lowest BCUT2D eigenvalue weighted by Crippen LogP contribution is -2.44. The van der Waals surface area contributed by atoms with Crippen LogP contribution in [0.1, 0.15) is 18.1 Å². The van der Waals surface area contributed by atoms with Crippen molar-refractivity contribution in [2.75, 3.05) is 49.6 Å². The molecule has 0 saturated carbocycles. The number of sulfonamides is 1. The average Bonchev–Trinajstić information content (AvgIpc) is 3.17. The summed E-state index contributed by atoms with van der Waals surface area (Å²) in [6.45, 7) is 6.46. The number of hydrogen-bond donors (Lipinski definition) is 1. The highest BCUT2D eigenvalue weighted by Crippen LogP contribution is 2.30. The summed E-state index contributed by atoms with van der Waals surface area (Å²) in [6.07, 6.45) is 0.673. The van der Waals surface area contributed by atoms with Gasteiger partial charge in [-0.05, 0) is 54.9 Å². The smallest absolute Gasteiger partial charge is 0.240 e. The van der Waals surface area contributed by atoms with Gasteiger partial charge in [-0.1, -0.05) is 12.1 Å².